The van der Waals surface area contributed by atoms with E-state index in [2.05, 4.69) is 0 Å². The molecule has 0 aromatic carbocycles. The van der Waals surface area contributed by atoms with Crippen LogP contribution in [0.4, 0.5) is 0 Å². The zero-order valence-electron chi connectivity index (χ0n) is 7.97. The molecule has 0 bridgehead atoms. The van der Waals surface area contributed by atoms with Crippen LogP contribution in [0.15, 0.2) is 0 Å². The van der Waals surface area contributed by atoms with E-state index in [0.29, 0.717) is 0 Å². The van der Waals surface area contributed by atoms with Crippen molar-refractivity contribution in [3.05, 3.63) is 0 Å². The molecule has 0 aliphatic carbocycles. The summed E-state index contributed by atoms with van der Waals surface area (Å²) in [5, 5.41) is 19.1. The first-order valence-electron chi connectivity index (χ1n) is 2.78. The molecule has 0 aliphatic heterocycles. The summed E-state index contributed by atoms with van der Waals surface area (Å²) >= 11 is 0. The smallest absolute Gasteiger partial charge is 0.852 e. The Hall–Kier alpha value is 2.56. The molecule has 0 saturated carbocycles. The Labute approximate surface area is 128 Å². The fourth-order valence-corrected chi connectivity index (χ4v) is 0. The zero-order chi connectivity index (χ0) is 7.15. The molecular formula is C6H14KNaO2. The van der Waals surface area contributed by atoms with Crippen LogP contribution in [-0.4, -0.2) is 12.2 Å². The summed E-state index contributed by atoms with van der Waals surface area (Å²) in [5.41, 5.74) is 0. The SMILES string of the molecule is CC(C)[O-].CC(C)[O-].[K+].[Na+]. The van der Waals surface area contributed by atoms with Crippen LogP contribution in [0, 0.1) is 0 Å². The van der Waals surface area contributed by atoms with Gasteiger partial charge in [0.15, 0.2) is 0 Å². The summed E-state index contributed by atoms with van der Waals surface area (Å²) in [6.07, 6.45) is -0.833. The van der Waals surface area contributed by atoms with E-state index in [4.69, 9.17) is 0 Å². The molecule has 0 aromatic heterocycles. The van der Waals surface area contributed by atoms with Gasteiger partial charge in [0, 0.05) is 0 Å². The first-order valence-corrected chi connectivity index (χ1v) is 2.78. The van der Waals surface area contributed by atoms with Gasteiger partial charge >= 0.3 is 80.9 Å². The molecule has 0 atom stereocenters. The van der Waals surface area contributed by atoms with Crippen molar-refractivity contribution in [3.63, 3.8) is 0 Å². The molecule has 0 saturated heterocycles. The molecular weight excluding hydrogens is 166 g/mol. The average Bonchev–Trinajstić information content (AvgIpc) is 1.25. The molecule has 0 aromatic rings. The van der Waals surface area contributed by atoms with E-state index < -0.39 is 12.2 Å². The predicted octanol–water partition coefficient (Wildman–Crippen LogP) is -6.48. The van der Waals surface area contributed by atoms with Crippen molar-refractivity contribution in [2.75, 3.05) is 0 Å². The van der Waals surface area contributed by atoms with E-state index in [1.165, 1.54) is 0 Å². The van der Waals surface area contributed by atoms with E-state index in [0.717, 1.165) is 0 Å². The van der Waals surface area contributed by atoms with Gasteiger partial charge in [-0.25, -0.2) is 0 Å². The molecule has 52 valence electrons. The van der Waals surface area contributed by atoms with E-state index >= 15 is 0 Å². The van der Waals surface area contributed by atoms with Crippen molar-refractivity contribution < 1.29 is 91.2 Å². The third kappa shape index (κ3) is 148. The molecule has 0 radical (unpaired) electrons. The average molecular weight is 180 g/mol. The van der Waals surface area contributed by atoms with Crippen LogP contribution in [0.25, 0.3) is 0 Å². The second-order valence-corrected chi connectivity index (χ2v) is 2.10. The van der Waals surface area contributed by atoms with E-state index in [-0.39, 0.29) is 80.9 Å². The van der Waals surface area contributed by atoms with E-state index in [1.807, 2.05) is 0 Å². The van der Waals surface area contributed by atoms with Crippen molar-refractivity contribution in [1.29, 1.82) is 0 Å². The second kappa shape index (κ2) is 17.6. The fourth-order valence-electron chi connectivity index (χ4n) is 0. The minimum atomic E-state index is -0.417. The maximum Gasteiger partial charge on any atom is 1.00 e. The second-order valence-electron chi connectivity index (χ2n) is 2.10. The molecule has 0 rings (SSSR count). The molecule has 4 heteroatoms. The van der Waals surface area contributed by atoms with Crippen LogP contribution in [-0.2, 0) is 0 Å². The molecule has 0 heterocycles. The third-order valence-corrected chi connectivity index (χ3v) is 0. The van der Waals surface area contributed by atoms with Crippen LogP contribution in [0.2, 0.25) is 0 Å². The molecule has 10 heavy (non-hydrogen) atoms. The summed E-state index contributed by atoms with van der Waals surface area (Å²) in [6, 6.07) is 0. The number of rotatable bonds is 0. The van der Waals surface area contributed by atoms with Gasteiger partial charge in [-0.3, -0.25) is 0 Å². The minimum absolute atomic E-state index is 0. The topological polar surface area (TPSA) is 46.1 Å². The quantitative estimate of drug-likeness (QED) is 0.348. The Morgan fingerprint density at radius 3 is 0.800 bits per heavy atom. The Morgan fingerprint density at radius 1 is 0.800 bits per heavy atom. The van der Waals surface area contributed by atoms with Crippen molar-refractivity contribution >= 4 is 0 Å². The Morgan fingerprint density at radius 2 is 0.800 bits per heavy atom. The summed E-state index contributed by atoms with van der Waals surface area (Å²) in [7, 11) is 0. The normalized spacial score (nSPS) is 7.20. The van der Waals surface area contributed by atoms with Gasteiger partial charge < -0.3 is 10.2 Å². The van der Waals surface area contributed by atoms with Gasteiger partial charge in [0.25, 0.3) is 0 Å². The maximum atomic E-state index is 9.53. The first kappa shape index (κ1) is 22.9. The van der Waals surface area contributed by atoms with Gasteiger partial charge in [-0.05, 0) is 0 Å². The molecule has 2 nitrogen and oxygen atoms in total. The summed E-state index contributed by atoms with van der Waals surface area (Å²) in [4.78, 5) is 0. The number of hydrogen-bond acceptors (Lipinski definition) is 2. The van der Waals surface area contributed by atoms with Gasteiger partial charge in [0.05, 0.1) is 0 Å². The molecule has 0 spiro atoms. The Kier molecular flexibility index (Phi) is 40.3. The molecule has 0 N–H and O–H groups in total. The summed E-state index contributed by atoms with van der Waals surface area (Å²) in [5.74, 6) is 0. The third-order valence-electron chi connectivity index (χ3n) is 0. The largest absolute Gasteiger partial charge is 1.00 e. The van der Waals surface area contributed by atoms with Crippen molar-refractivity contribution in [2.45, 2.75) is 39.9 Å². The Balaban J connectivity index is -0.0000000300. The predicted molar refractivity (Wildman–Crippen MR) is 30.3 cm³/mol. The van der Waals surface area contributed by atoms with Crippen LogP contribution in [0.1, 0.15) is 27.7 Å². The van der Waals surface area contributed by atoms with Crippen LogP contribution in [0.3, 0.4) is 0 Å². The van der Waals surface area contributed by atoms with Gasteiger partial charge in [-0.15, -0.1) is 12.2 Å². The van der Waals surface area contributed by atoms with Crippen LogP contribution >= 0.6 is 0 Å². The van der Waals surface area contributed by atoms with E-state index in [1.54, 1.807) is 27.7 Å². The standard InChI is InChI=1S/2C3H7O.K.Na/c2*1-3(2)4;;/h2*3H,1-2H3;;/q2*-1;2*+1. The summed E-state index contributed by atoms with van der Waals surface area (Å²) < 4.78 is 0. The molecule has 0 unspecified atom stereocenters. The van der Waals surface area contributed by atoms with Gasteiger partial charge in [-0.2, -0.15) is 0 Å². The molecule has 0 aliphatic rings. The summed E-state index contributed by atoms with van der Waals surface area (Å²) in [6.45, 7) is 6.44. The number of hydrogen-bond donors (Lipinski definition) is 0. The van der Waals surface area contributed by atoms with Gasteiger partial charge in [-0.1, -0.05) is 27.7 Å². The van der Waals surface area contributed by atoms with Crippen molar-refractivity contribution in [3.8, 4) is 0 Å². The fraction of sp³-hybridized carbons (Fsp3) is 1.00. The van der Waals surface area contributed by atoms with Crippen molar-refractivity contribution in [2.24, 2.45) is 0 Å². The monoisotopic (exact) mass is 180 g/mol. The van der Waals surface area contributed by atoms with E-state index in [9.17, 15) is 10.2 Å². The molecule has 0 fully saturated rings. The maximum absolute atomic E-state index is 9.53. The van der Waals surface area contributed by atoms with Crippen LogP contribution in [0.5, 0.6) is 0 Å². The van der Waals surface area contributed by atoms with Crippen molar-refractivity contribution in [1.82, 2.24) is 0 Å². The molecule has 0 amide bonds. The van der Waals surface area contributed by atoms with Gasteiger partial charge in [0.2, 0.25) is 0 Å². The zero-order valence-corrected chi connectivity index (χ0v) is 13.1. The van der Waals surface area contributed by atoms with Gasteiger partial charge in [0.1, 0.15) is 0 Å². The Bertz CT molecular complexity index is 31.2. The minimum Gasteiger partial charge on any atom is -0.852 e. The van der Waals surface area contributed by atoms with Crippen LogP contribution < -0.4 is 91.2 Å². The first-order chi connectivity index (χ1) is 3.46.